The summed E-state index contributed by atoms with van der Waals surface area (Å²) in [6.45, 7) is 3.31. The first-order valence-electron chi connectivity index (χ1n) is 10.4. The molecule has 2 aromatic carbocycles. The minimum Gasteiger partial charge on any atom is -0.354 e. The van der Waals surface area contributed by atoms with E-state index in [-0.39, 0.29) is 17.3 Å². The Labute approximate surface area is 194 Å². The number of anilines is 1. The number of benzene rings is 2. The SMILES string of the molecule is O=C(CN(c1cccc(Cl)c1)S(=O)(=O)c1ccc(Cl)cc1)NCCCN1CCCCC1. The van der Waals surface area contributed by atoms with E-state index in [0.717, 1.165) is 30.4 Å². The normalized spacial score (nSPS) is 14.9. The lowest BCUT2D eigenvalue weighted by Crippen LogP contribution is -2.41. The van der Waals surface area contributed by atoms with Crippen molar-refractivity contribution in [3.8, 4) is 0 Å². The second kappa shape index (κ2) is 11.2. The molecular weight excluding hydrogens is 457 g/mol. The highest BCUT2D eigenvalue weighted by molar-refractivity contribution is 7.92. The minimum absolute atomic E-state index is 0.0507. The lowest BCUT2D eigenvalue weighted by Gasteiger charge is -2.26. The molecule has 1 saturated heterocycles. The molecule has 0 aromatic heterocycles. The van der Waals surface area contributed by atoms with E-state index in [1.165, 1.54) is 49.6 Å². The van der Waals surface area contributed by atoms with Crippen molar-refractivity contribution in [3.05, 3.63) is 58.6 Å². The van der Waals surface area contributed by atoms with Crippen LogP contribution in [0.4, 0.5) is 5.69 Å². The molecular formula is C22H27Cl2N3O3S. The van der Waals surface area contributed by atoms with Crippen LogP contribution in [0.5, 0.6) is 0 Å². The summed E-state index contributed by atoms with van der Waals surface area (Å²) in [6.07, 6.45) is 4.56. The molecule has 168 valence electrons. The summed E-state index contributed by atoms with van der Waals surface area (Å²) in [7, 11) is -3.98. The summed E-state index contributed by atoms with van der Waals surface area (Å²) in [4.78, 5) is 15.1. The van der Waals surface area contributed by atoms with Gasteiger partial charge in [0.2, 0.25) is 5.91 Å². The number of nitrogens with one attached hydrogen (secondary N) is 1. The van der Waals surface area contributed by atoms with Crippen molar-refractivity contribution >= 4 is 44.8 Å². The summed E-state index contributed by atoms with van der Waals surface area (Å²) in [5, 5.41) is 3.66. The maximum atomic E-state index is 13.3. The van der Waals surface area contributed by atoms with E-state index >= 15 is 0 Å². The summed E-state index contributed by atoms with van der Waals surface area (Å²) in [5.41, 5.74) is 0.325. The Bertz CT molecular complexity index is 978. The topological polar surface area (TPSA) is 69.7 Å². The molecule has 1 aliphatic rings. The highest BCUT2D eigenvalue weighted by Crippen LogP contribution is 2.26. The summed E-state index contributed by atoms with van der Waals surface area (Å²) in [6, 6.07) is 12.3. The molecule has 1 fully saturated rings. The van der Waals surface area contributed by atoms with Gasteiger partial charge in [0.15, 0.2) is 0 Å². The Morgan fingerprint density at radius 2 is 1.71 bits per heavy atom. The zero-order chi connectivity index (χ0) is 22.3. The van der Waals surface area contributed by atoms with Gasteiger partial charge < -0.3 is 10.2 Å². The molecule has 1 N–H and O–H groups in total. The summed E-state index contributed by atoms with van der Waals surface area (Å²) in [5.74, 6) is -0.365. The number of halogens is 2. The monoisotopic (exact) mass is 483 g/mol. The second-order valence-electron chi connectivity index (χ2n) is 7.55. The zero-order valence-corrected chi connectivity index (χ0v) is 19.6. The average molecular weight is 484 g/mol. The Morgan fingerprint density at radius 1 is 1.00 bits per heavy atom. The minimum atomic E-state index is -3.98. The van der Waals surface area contributed by atoms with Crippen LogP contribution in [0.15, 0.2) is 53.4 Å². The predicted octanol–water partition coefficient (Wildman–Crippen LogP) is 4.18. The van der Waals surface area contributed by atoms with E-state index in [0.29, 0.717) is 22.3 Å². The fourth-order valence-electron chi connectivity index (χ4n) is 3.58. The molecule has 0 unspecified atom stereocenters. The van der Waals surface area contributed by atoms with Gasteiger partial charge in [-0.25, -0.2) is 8.42 Å². The van der Waals surface area contributed by atoms with E-state index in [2.05, 4.69) is 10.2 Å². The van der Waals surface area contributed by atoms with Crippen LogP contribution in [0, 0.1) is 0 Å². The number of nitrogens with zero attached hydrogens (tertiary/aromatic N) is 2. The Morgan fingerprint density at radius 3 is 2.39 bits per heavy atom. The van der Waals surface area contributed by atoms with Gasteiger partial charge in [-0.05, 0) is 81.4 Å². The Hall–Kier alpha value is -1.80. The number of carbonyl (C=O) groups excluding carboxylic acids is 1. The van der Waals surface area contributed by atoms with Crippen LogP contribution < -0.4 is 9.62 Å². The van der Waals surface area contributed by atoms with Gasteiger partial charge >= 0.3 is 0 Å². The largest absolute Gasteiger partial charge is 0.354 e. The molecule has 0 aliphatic carbocycles. The maximum Gasteiger partial charge on any atom is 0.264 e. The van der Waals surface area contributed by atoms with E-state index in [9.17, 15) is 13.2 Å². The number of hydrogen-bond donors (Lipinski definition) is 1. The van der Waals surface area contributed by atoms with E-state index < -0.39 is 10.0 Å². The first-order valence-corrected chi connectivity index (χ1v) is 12.6. The van der Waals surface area contributed by atoms with Gasteiger partial charge in [-0.3, -0.25) is 9.10 Å². The number of sulfonamides is 1. The molecule has 1 amide bonds. The first-order chi connectivity index (χ1) is 14.9. The van der Waals surface area contributed by atoms with Crippen LogP contribution in [0.2, 0.25) is 10.0 Å². The lowest BCUT2D eigenvalue weighted by molar-refractivity contribution is -0.119. The summed E-state index contributed by atoms with van der Waals surface area (Å²) >= 11 is 12.0. The number of likely N-dealkylation sites (tertiary alicyclic amines) is 1. The molecule has 6 nitrogen and oxygen atoms in total. The van der Waals surface area contributed by atoms with Gasteiger partial charge in [-0.2, -0.15) is 0 Å². The lowest BCUT2D eigenvalue weighted by atomic mass is 10.1. The molecule has 3 rings (SSSR count). The van der Waals surface area contributed by atoms with Gasteiger partial charge in [0.25, 0.3) is 10.0 Å². The van der Waals surface area contributed by atoms with Crippen LogP contribution in [0.1, 0.15) is 25.7 Å². The van der Waals surface area contributed by atoms with E-state index in [1.807, 2.05) is 0 Å². The number of hydrogen-bond acceptors (Lipinski definition) is 4. The van der Waals surface area contributed by atoms with Gasteiger partial charge in [0, 0.05) is 16.6 Å². The molecule has 1 heterocycles. The molecule has 31 heavy (non-hydrogen) atoms. The fourth-order valence-corrected chi connectivity index (χ4v) is 5.30. The highest BCUT2D eigenvalue weighted by atomic mass is 35.5. The van der Waals surface area contributed by atoms with Crippen molar-refractivity contribution in [2.75, 3.05) is 37.0 Å². The van der Waals surface area contributed by atoms with Gasteiger partial charge in [-0.1, -0.05) is 35.7 Å². The van der Waals surface area contributed by atoms with Crippen LogP contribution in [-0.4, -0.2) is 51.9 Å². The molecule has 9 heteroatoms. The van der Waals surface area contributed by atoms with Crippen molar-refractivity contribution in [3.63, 3.8) is 0 Å². The second-order valence-corrected chi connectivity index (χ2v) is 10.3. The first kappa shape index (κ1) is 23.9. The summed E-state index contributed by atoms with van der Waals surface area (Å²) < 4.78 is 27.6. The van der Waals surface area contributed by atoms with Gasteiger partial charge in [-0.15, -0.1) is 0 Å². The smallest absolute Gasteiger partial charge is 0.264 e. The van der Waals surface area contributed by atoms with Crippen LogP contribution in [0.3, 0.4) is 0 Å². The standard InChI is InChI=1S/C22H27Cl2N3O3S/c23-18-8-10-21(11-9-18)31(29,30)27(20-7-4-6-19(24)16-20)17-22(28)25-12-5-15-26-13-2-1-3-14-26/h4,6-11,16H,1-3,5,12-15,17H2,(H,25,28). The van der Waals surface area contributed by atoms with Crippen LogP contribution >= 0.6 is 23.2 Å². The van der Waals surface area contributed by atoms with E-state index in [1.54, 1.807) is 18.2 Å². The zero-order valence-electron chi connectivity index (χ0n) is 17.3. The Kier molecular flexibility index (Phi) is 8.60. The Balaban J connectivity index is 1.68. The third-order valence-electron chi connectivity index (χ3n) is 5.21. The average Bonchev–Trinajstić information content (AvgIpc) is 2.76. The van der Waals surface area contributed by atoms with Crippen molar-refractivity contribution < 1.29 is 13.2 Å². The third-order valence-corrected chi connectivity index (χ3v) is 7.48. The van der Waals surface area contributed by atoms with Crippen molar-refractivity contribution in [2.45, 2.75) is 30.6 Å². The molecule has 0 spiro atoms. The molecule has 0 atom stereocenters. The van der Waals surface area contributed by atoms with Gasteiger partial charge in [0.05, 0.1) is 10.6 Å². The van der Waals surface area contributed by atoms with Crippen LogP contribution in [0.25, 0.3) is 0 Å². The number of carbonyl (C=O) groups is 1. The maximum absolute atomic E-state index is 13.3. The van der Waals surface area contributed by atoms with Gasteiger partial charge in [0.1, 0.15) is 6.54 Å². The predicted molar refractivity (Wildman–Crippen MR) is 125 cm³/mol. The molecule has 0 saturated carbocycles. The number of amides is 1. The number of piperidine rings is 1. The number of rotatable bonds is 9. The molecule has 0 bridgehead atoms. The van der Waals surface area contributed by atoms with Crippen molar-refractivity contribution in [1.82, 2.24) is 10.2 Å². The van der Waals surface area contributed by atoms with Crippen molar-refractivity contribution in [2.24, 2.45) is 0 Å². The molecule has 2 aromatic rings. The third kappa shape index (κ3) is 6.84. The molecule has 1 aliphatic heterocycles. The van der Waals surface area contributed by atoms with E-state index in [4.69, 9.17) is 23.2 Å². The van der Waals surface area contributed by atoms with Crippen molar-refractivity contribution in [1.29, 1.82) is 0 Å². The quantitative estimate of drug-likeness (QED) is 0.543. The fraction of sp³-hybridized carbons (Fsp3) is 0.409. The van der Waals surface area contributed by atoms with Crippen LogP contribution in [-0.2, 0) is 14.8 Å². The highest BCUT2D eigenvalue weighted by Gasteiger charge is 2.27. The molecule has 0 radical (unpaired) electrons.